The molecule has 19 aromatic carbocycles. The molecule has 22 aromatic rings. The zero-order chi connectivity index (χ0) is 82.6. The first-order valence-corrected chi connectivity index (χ1v) is 43.0. The van der Waals surface area contributed by atoms with Gasteiger partial charge in [0.25, 0.3) is 20.1 Å². The number of nitrogens with zero attached hydrogens (tertiary/aromatic N) is 3. The second-order valence-corrected chi connectivity index (χ2v) is 33.1. The molecule has 0 unspecified atom stereocenters. The summed E-state index contributed by atoms with van der Waals surface area (Å²) in [7, 11) is 0. The molecule has 126 heavy (non-hydrogen) atoms. The zero-order valence-corrected chi connectivity index (χ0v) is 67.9. The van der Waals surface area contributed by atoms with Crippen LogP contribution < -0.4 is 77.6 Å². The van der Waals surface area contributed by atoms with Gasteiger partial charge in [0.2, 0.25) is 0 Å². The summed E-state index contributed by atoms with van der Waals surface area (Å²) in [5.74, 6) is 10.4. The number of benzene rings is 19. The van der Waals surface area contributed by atoms with Gasteiger partial charge in [-0.15, -0.1) is 0 Å². The largest absolute Gasteiger partial charge is 0.458 e. The van der Waals surface area contributed by atoms with Crippen LogP contribution in [0.3, 0.4) is 0 Å². The van der Waals surface area contributed by atoms with E-state index in [9.17, 15) is 0 Å². The first-order valence-electron chi connectivity index (χ1n) is 43.0. The lowest BCUT2D eigenvalue weighted by molar-refractivity contribution is 0.464. The van der Waals surface area contributed by atoms with Crippen molar-refractivity contribution < 1.29 is 28.4 Å². The predicted octanol–water partition coefficient (Wildman–Crippen LogP) is 23.2. The molecule has 0 atom stereocenters. The monoisotopic (exact) mass is 1610 g/mol. The van der Waals surface area contributed by atoms with E-state index in [4.69, 9.17) is 28.4 Å². The smallest absolute Gasteiger partial charge is 0.260 e. The van der Waals surface area contributed by atoms with Crippen molar-refractivity contribution in [3.8, 4) is 131 Å². The van der Waals surface area contributed by atoms with Gasteiger partial charge < -0.3 is 42.1 Å². The highest BCUT2D eigenvalue weighted by molar-refractivity contribution is 6.99. The highest BCUT2D eigenvalue weighted by atomic mass is 16.5. The van der Waals surface area contributed by atoms with E-state index < -0.39 is 0 Å². The van der Waals surface area contributed by atoms with Crippen LogP contribution in [0.5, 0.6) is 69.0 Å². The van der Waals surface area contributed by atoms with Crippen LogP contribution in [0.1, 0.15) is 0 Å². The molecule has 0 N–H and O–H groups in total. The van der Waals surface area contributed by atoms with Crippen LogP contribution >= 0.6 is 0 Å². The molecule has 0 aliphatic carbocycles. The van der Waals surface area contributed by atoms with Crippen LogP contribution in [0.2, 0.25) is 0 Å². The lowest BCUT2D eigenvalue weighted by atomic mass is 9.34. The number of hydrogen-bond acceptors (Lipinski definition) is 6. The number of hydrogen-bond donors (Lipinski definition) is 0. The minimum atomic E-state index is -0.0444. The molecular formula is C114H70B3N3O6. The van der Waals surface area contributed by atoms with E-state index in [1.165, 1.54) is 71.0 Å². The van der Waals surface area contributed by atoms with Gasteiger partial charge in [0.05, 0.1) is 33.1 Å². The van der Waals surface area contributed by atoms with E-state index in [0.717, 1.165) is 174 Å². The number of fused-ring (bicyclic) bond motifs is 21. The van der Waals surface area contributed by atoms with Gasteiger partial charge in [-0.25, -0.2) is 0 Å². The summed E-state index contributed by atoms with van der Waals surface area (Å²) in [6.07, 6.45) is 0. The average molecular weight is 1610 g/mol. The van der Waals surface area contributed by atoms with E-state index in [1.807, 2.05) is 30.3 Å². The fraction of sp³-hybridized carbons (Fsp3) is 0. The molecule has 0 spiro atoms. The predicted molar refractivity (Wildman–Crippen MR) is 517 cm³/mol. The first kappa shape index (κ1) is 71.3. The fourth-order valence-corrected chi connectivity index (χ4v) is 20.7. The molecule has 0 fully saturated rings. The Hall–Kier alpha value is -16.4. The summed E-state index contributed by atoms with van der Waals surface area (Å²) in [5, 5.41) is 7.49. The van der Waals surface area contributed by atoms with Crippen molar-refractivity contribution in [3.05, 3.63) is 425 Å². The first-order chi connectivity index (χ1) is 62.5. The van der Waals surface area contributed by atoms with Crippen LogP contribution in [0, 0.1) is 0 Å². The summed E-state index contributed by atoms with van der Waals surface area (Å²) in [5.41, 5.74) is 29.5. The Bertz CT molecular complexity index is 8090. The normalized spacial score (nSPS) is 12.8. The molecule has 0 saturated carbocycles. The molecule has 28 rings (SSSR count). The van der Waals surface area contributed by atoms with Crippen LogP contribution in [0.25, 0.3) is 127 Å². The lowest BCUT2D eigenvalue weighted by Crippen LogP contribution is -2.57. The van der Waals surface area contributed by atoms with E-state index in [1.54, 1.807) is 0 Å². The number of para-hydroxylation sites is 8. The van der Waals surface area contributed by atoms with Crippen molar-refractivity contribution in [1.29, 1.82) is 0 Å². The zero-order valence-electron chi connectivity index (χ0n) is 67.9. The topological polar surface area (TPSA) is 70.2 Å². The maximum atomic E-state index is 7.09. The van der Waals surface area contributed by atoms with Crippen molar-refractivity contribution in [3.63, 3.8) is 0 Å². The number of aromatic nitrogens is 3. The van der Waals surface area contributed by atoms with E-state index in [0.29, 0.717) is 0 Å². The third-order valence-corrected chi connectivity index (χ3v) is 26.2. The maximum absolute atomic E-state index is 7.09. The van der Waals surface area contributed by atoms with E-state index in [2.05, 4.69) is 408 Å². The third-order valence-electron chi connectivity index (χ3n) is 26.2. The Balaban J connectivity index is 0.000000101. The number of rotatable bonds is 7. The highest BCUT2D eigenvalue weighted by Gasteiger charge is 2.45. The minimum Gasteiger partial charge on any atom is -0.458 e. The van der Waals surface area contributed by atoms with Gasteiger partial charge in [0.1, 0.15) is 69.0 Å². The molecule has 586 valence electrons. The molecular weight excluding hydrogens is 1540 g/mol. The van der Waals surface area contributed by atoms with Crippen LogP contribution in [-0.4, -0.2) is 33.8 Å². The molecule has 6 aliphatic rings. The van der Waals surface area contributed by atoms with E-state index >= 15 is 0 Å². The highest BCUT2D eigenvalue weighted by Crippen LogP contribution is 2.49. The molecule has 9 heterocycles. The van der Waals surface area contributed by atoms with Crippen molar-refractivity contribution in [1.82, 2.24) is 13.7 Å². The maximum Gasteiger partial charge on any atom is 0.260 e. The Morgan fingerprint density at radius 1 is 0.159 bits per heavy atom. The summed E-state index contributed by atoms with van der Waals surface area (Å²) >= 11 is 0. The standard InChI is InChI=1S/C42H26BNO2.2C36H22BNO2/c1-3-13-27(14-4-1)32-26-33(28-15-5-2-6-16-28)42-40-41(32)45-38-22-12-9-19-34(38)43(40)35-24-23-29(25-39(35)46-42)44-36-20-10-7-17-30(36)31-18-8-11-21-37(31)44;1-2-10-23(11-3-1)24-20-34-36-35(21-24)40-33-19-18-25(22-29(33)37(36)28-14-6-9-17-32(28)39-34)38-30-15-7-4-12-26(30)27-13-5-8-16-31(27)38;1-2-9-23(10-3-1)24-17-19-28-34(21-24)39-32-15-8-16-33-36(32)37(28)29-20-18-25(22-35(29)40-33)38-30-13-6-4-11-26(30)27-12-5-7-14-31(27)38/h1-26H;2*1-22H. The Kier molecular flexibility index (Phi) is 16.2. The molecule has 0 radical (unpaired) electrons. The van der Waals surface area contributed by atoms with Crippen LogP contribution in [0.15, 0.2) is 425 Å². The molecule has 9 nitrogen and oxygen atoms in total. The van der Waals surface area contributed by atoms with E-state index in [-0.39, 0.29) is 20.1 Å². The fourth-order valence-electron chi connectivity index (χ4n) is 20.7. The SMILES string of the molecule is c1ccc(-c2cc(-c3ccccc3)c3c4c2Oc2ccccc2B4c2ccc(-n4c5ccccc5c5ccccc54)cc2O3)cc1.c1ccc(-c2cc3c4c(c2)Oc2ccc(-n5c6ccccc6c6ccccc65)cc2B4c2ccccc2O3)cc1.c1ccc(-c2ccc3c(c2)Oc2cccc4c2B3c2ccc(-n3c5ccccc5c5ccccc53)cc2O4)cc1. The van der Waals surface area contributed by atoms with Gasteiger partial charge >= 0.3 is 0 Å². The van der Waals surface area contributed by atoms with Crippen molar-refractivity contribution in [2.45, 2.75) is 0 Å². The average Bonchev–Trinajstić information content (AvgIpc) is 1.07. The number of ether oxygens (including phenoxy) is 6. The summed E-state index contributed by atoms with van der Waals surface area (Å²) in [4.78, 5) is 0. The van der Waals surface area contributed by atoms with Crippen LogP contribution in [0.4, 0.5) is 0 Å². The molecule has 6 aliphatic heterocycles. The Morgan fingerprint density at radius 2 is 0.452 bits per heavy atom. The Morgan fingerprint density at radius 3 is 0.913 bits per heavy atom. The van der Waals surface area contributed by atoms with Crippen molar-refractivity contribution in [2.75, 3.05) is 0 Å². The second-order valence-electron chi connectivity index (χ2n) is 33.1. The summed E-state index contributed by atoms with van der Waals surface area (Å²) in [6.45, 7) is 0.00399. The molecule has 12 heteroatoms. The second kappa shape index (κ2) is 28.6. The molecule has 3 aromatic heterocycles. The molecule has 0 saturated heterocycles. The quantitative estimate of drug-likeness (QED) is 0.148. The third kappa shape index (κ3) is 11.2. The van der Waals surface area contributed by atoms with Gasteiger partial charge in [0, 0.05) is 89.0 Å². The molecule has 0 bridgehead atoms. The Labute approximate surface area is 727 Å². The van der Waals surface area contributed by atoms with Gasteiger partial charge in [-0.3, -0.25) is 0 Å². The van der Waals surface area contributed by atoms with Crippen LogP contribution in [-0.2, 0) is 0 Å². The van der Waals surface area contributed by atoms with Gasteiger partial charge in [-0.05, 0) is 181 Å². The minimum absolute atomic E-state index is 0.0107. The summed E-state index contributed by atoms with van der Waals surface area (Å²) < 4.78 is 47.2. The van der Waals surface area contributed by atoms with Gasteiger partial charge in [0.15, 0.2) is 0 Å². The van der Waals surface area contributed by atoms with Crippen molar-refractivity contribution >= 4 is 135 Å². The van der Waals surface area contributed by atoms with Crippen molar-refractivity contribution in [2.24, 2.45) is 0 Å². The summed E-state index contributed by atoms with van der Waals surface area (Å²) in [6, 6.07) is 150. The van der Waals surface area contributed by atoms with Gasteiger partial charge in [-0.1, -0.05) is 297 Å². The lowest BCUT2D eigenvalue weighted by Gasteiger charge is -2.35. The molecule has 0 amide bonds. The van der Waals surface area contributed by atoms with Gasteiger partial charge in [-0.2, -0.15) is 0 Å².